The third-order valence-corrected chi connectivity index (χ3v) is 5.53. The van der Waals surface area contributed by atoms with Gasteiger partial charge in [0.2, 0.25) is 0 Å². The van der Waals surface area contributed by atoms with Crippen molar-refractivity contribution >= 4 is 27.7 Å². The molecule has 0 N–H and O–H groups in total. The lowest BCUT2D eigenvalue weighted by molar-refractivity contribution is -0.213. The topological polar surface area (TPSA) is 46.1 Å². The van der Waals surface area contributed by atoms with Gasteiger partial charge in [0, 0.05) is 35.3 Å². The van der Waals surface area contributed by atoms with Crippen molar-refractivity contribution in [2.75, 3.05) is 0 Å². The third-order valence-electron chi connectivity index (χ3n) is 5.53. The van der Waals surface area contributed by atoms with Crippen molar-refractivity contribution in [3.05, 3.63) is 84.2 Å². The number of benzene rings is 2. The molecule has 2 heterocycles. The lowest BCUT2D eigenvalue weighted by Crippen LogP contribution is -2.56. The molecule has 0 fully saturated rings. The van der Waals surface area contributed by atoms with Crippen LogP contribution in [0.2, 0.25) is 0 Å². The largest absolute Gasteiger partial charge is 0.411 e. The highest BCUT2D eigenvalue weighted by Crippen LogP contribution is 2.37. The molecule has 4 aromatic rings. The van der Waals surface area contributed by atoms with E-state index in [2.05, 4.69) is 9.97 Å². The maximum Gasteiger partial charge on any atom is 0.411 e. The molecule has 0 spiro atoms. The Balaban J connectivity index is 1.81. The Hall–Kier alpha value is -3.48. The molecular weight excluding hydrogens is 403 g/mol. The lowest BCUT2D eigenvalue weighted by atomic mass is 9.97. The summed E-state index contributed by atoms with van der Waals surface area (Å²) in [5.41, 5.74) is -0.289. The minimum absolute atomic E-state index is 0.177. The third kappa shape index (κ3) is 3.83. The first-order chi connectivity index (χ1) is 14.7. The van der Waals surface area contributed by atoms with Crippen LogP contribution in [0.25, 0.3) is 21.8 Å². The first-order valence-electron chi connectivity index (χ1n) is 9.74. The SMILES string of the molecule is CC(C)(N(Cc1ccnc2ccccc12)C(=O)c1ccc2ncccc2c1)C(F)(F)F. The molecular formula is C24H20F3N3O. The highest BCUT2D eigenvalue weighted by Gasteiger charge is 2.53. The molecule has 4 nitrogen and oxygen atoms in total. The highest BCUT2D eigenvalue weighted by atomic mass is 19.4. The Labute approximate surface area is 177 Å². The second-order valence-corrected chi connectivity index (χ2v) is 7.85. The summed E-state index contributed by atoms with van der Waals surface area (Å²) in [7, 11) is 0. The minimum Gasteiger partial charge on any atom is -0.320 e. The Morgan fingerprint density at radius 1 is 0.903 bits per heavy atom. The number of amides is 1. The molecule has 1 amide bonds. The van der Waals surface area contributed by atoms with Gasteiger partial charge in [0.1, 0.15) is 5.54 Å². The molecule has 7 heteroatoms. The zero-order valence-corrected chi connectivity index (χ0v) is 17.0. The molecule has 0 radical (unpaired) electrons. The van der Waals surface area contributed by atoms with E-state index < -0.39 is 17.6 Å². The molecule has 0 saturated carbocycles. The van der Waals surface area contributed by atoms with Crippen LogP contribution in [0.15, 0.2) is 73.1 Å². The molecule has 0 aliphatic rings. The van der Waals surface area contributed by atoms with Gasteiger partial charge < -0.3 is 4.90 Å². The van der Waals surface area contributed by atoms with Crippen molar-refractivity contribution in [2.45, 2.75) is 32.1 Å². The van der Waals surface area contributed by atoms with E-state index in [1.807, 2.05) is 6.07 Å². The fraction of sp³-hybridized carbons (Fsp3) is 0.208. The number of rotatable bonds is 4. The van der Waals surface area contributed by atoms with Crippen molar-refractivity contribution in [3.8, 4) is 0 Å². The van der Waals surface area contributed by atoms with Gasteiger partial charge in [-0.15, -0.1) is 0 Å². The molecule has 31 heavy (non-hydrogen) atoms. The molecule has 4 rings (SSSR count). The molecule has 158 valence electrons. The molecule has 0 aliphatic carbocycles. The van der Waals surface area contributed by atoms with Gasteiger partial charge in [0.05, 0.1) is 11.0 Å². The van der Waals surface area contributed by atoms with Crippen molar-refractivity contribution in [1.29, 1.82) is 0 Å². The zero-order valence-electron chi connectivity index (χ0n) is 17.0. The number of hydrogen-bond acceptors (Lipinski definition) is 3. The second-order valence-electron chi connectivity index (χ2n) is 7.85. The number of pyridine rings is 2. The number of halogens is 3. The summed E-state index contributed by atoms with van der Waals surface area (Å²) in [6.07, 6.45) is -1.45. The van der Waals surface area contributed by atoms with Crippen LogP contribution in [0, 0.1) is 0 Å². The molecule has 0 unspecified atom stereocenters. The van der Waals surface area contributed by atoms with E-state index >= 15 is 0 Å². The van der Waals surface area contributed by atoms with Gasteiger partial charge in [-0.2, -0.15) is 13.2 Å². The molecule has 0 bridgehead atoms. The first kappa shape index (κ1) is 20.8. The van der Waals surface area contributed by atoms with Crippen LogP contribution in [0.5, 0.6) is 0 Å². The zero-order chi connectivity index (χ0) is 22.2. The van der Waals surface area contributed by atoms with Gasteiger partial charge in [0.25, 0.3) is 5.91 Å². The fourth-order valence-electron chi connectivity index (χ4n) is 3.50. The van der Waals surface area contributed by atoms with Gasteiger partial charge in [-0.1, -0.05) is 24.3 Å². The second kappa shape index (κ2) is 7.65. The van der Waals surface area contributed by atoms with Gasteiger partial charge in [-0.05, 0) is 55.8 Å². The van der Waals surface area contributed by atoms with Crippen LogP contribution in [0.1, 0.15) is 29.8 Å². The number of carbonyl (C=O) groups is 1. The number of carbonyl (C=O) groups excluding carboxylic acids is 1. The maximum absolute atomic E-state index is 14.0. The van der Waals surface area contributed by atoms with Gasteiger partial charge in [-0.3, -0.25) is 14.8 Å². The standard InChI is InChI=1S/C24H20F3N3O/c1-23(2,24(25,26)27)30(15-18-11-13-29-21-8-4-3-7-19(18)21)22(31)17-9-10-20-16(14-17)6-5-12-28-20/h3-14H,15H2,1-2H3. The van der Waals surface area contributed by atoms with E-state index in [4.69, 9.17) is 0 Å². The summed E-state index contributed by atoms with van der Waals surface area (Å²) in [5.74, 6) is -0.700. The van der Waals surface area contributed by atoms with E-state index in [1.165, 1.54) is 6.07 Å². The van der Waals surface area contributed by atoms with Crippen LogP contribution in [0.4, 0.5) is 13.2 Å². The van der Waals surface area contributed by atoms with Crippen molar-refractivity contribution in [3.63, 3.8) is 0 Å². The Bertz CT molecular complexity index is 1260. The average Bonchev–Trinajstić information content (AvgIpc) is 2.76. The summed E-state index contributed by atoms with van der Waals surface area (Å²) in [6.45, 7) is 1.84. The van der Waals surface area contributed by atoms with Gasteiger partial charge in [0.15, 0.2) is 0 Å². The Kier molecular flexibility index (Phi) is 5.13. The van der Waals surface area contributed by atoms with Crippen LogP contribution >= 0.6 is 0 Å². The van der Waals surface area contributed by atoms with Crippen LogP contribution in [-0.4, -0.2) is 32.5 Å². The van der Waals surface area contributed by atoms with Crippen LogP contribution < -0.4 is 0 Å². The van der Waals surface area contributed by atoms with E-state index in [1.54, 1.807) is 60.9 Å². The van der Waals surface area contributed by atoms with Crippen molar-refractivity contribution in [1.82, 2.24) is 14.9 Å². The van der Waals surface area contributed by atoms with E-state index in [0.29, 0.717) is 27.4 Å². The average molecular weight is 423 g/mol. The normalized spacial score (nSPS) is 12.3. The van der Waals surface area contributed by atoms with E-state index in [9.17, 15) is 18.0 Å². The first-order valence-corrected chi connectivity index (χ1v) is 9.74. The van der Waals surface area contributed by atoms with Crippen molar-refractivity contribution in [2.24, 2.45) is 0 Å². The molecule has 0 saturated heterocycles. The number of alkyl halides is 3. The summed E-state index contributed by atoms with van der Waals surface area (Å²) >= 11 is 0. The fourth-order valence-corrected chi connectivity index (χ4v) is 3.50. The minimum atomic E-state index is -4.62. The van der Waals surface area contributed by atoms with Crippen molar-refractivity contribution < 1.29 is 18.0 Å². The smallest absolute Gasteiger partial charge is 0.320 e. The maximum atomic E-state index is 14.0. The van der Waals surface area contributed by atoms with Gasteiger partial charge >= 0.3 is 6.18 Å². The molecule has 0 atom stereocenters. The van der Waals surface area contributed by atoms with Gasteiger partial charge in [-0.25, -0.2) is 0 Å². The van der Waals surface area contributed by atoms with Crippen LogP contribution in [0.3, 0.4) is 0 Å². The lowest BCUT2D eigenvalue weighted by Gasteiger charge is -2.40. The molecule has 2 aromatic carbocycles. The summed E-state index contributed by atoms with van der Waals surface area (Å²) < 4.78 is 42.0. The number of para-hydroxylation sites is 1. The quantitative estimate of drug-likeness (QED) is 0.419. The summed E-state index contributed by atoms with van der Waals surface area (Å²) in [5, 5.41) is 1.40. The summed E-state index contributed by atoms with van der Waals surface area (Å²) in [6, 6.07) is 17.1. The predicted molar refractivity (Wildman–Crippen MR) is 113 cm³/mol. The number of nitrogens with zero attached hydrogens (tertiary/aromatic N) is 3. The molecule has 2 aromatic heterocycles. The van der Waals surface area contributed by atoms with E-state index in [-0.39, 0.29) is 12.1 Å². The highest BCUT2D eigenvalue weighted by molar-refractivity contribution is 5.98. The monoisotopic (exact) mass is 423 g/mol. The molecule has 0 aliphatic heterocycles. The van der Waals surface area contributed by atoms with Crippen LogP contribution in [-0.2, 0) is 6.54 Å². The van der Waals surface area contributed by atoms with E-state index in [0.717, 1.165) is 18.7 Å². The summed E-state index contributed by atoms with van der Waals surface area (Å²) in [4.78, 5) is 22.8. The number of fused-ring (bicyclic) bond motifs is 2. The Morgan fingerprint density at radius 3 is 2.42 bits per heavy atom. The number of hydrogen-bond donors (Lipinski definition) is 0. The number of aromatic nitrogens is 2. The predicted octanol–water partition coefficient (Wildman–Crippen LogP) is 5.77. The Morgan fingerprint density at radius 2 is 1.65 bits per heavy atom.